The van der Waals surface area contributed by atoms with E-state index in [0.29, 0.717) is 19.8 Å². The lowest BCUT2D eigenvalue weighted by atomic mass is 9.73. The van der Waals surface area contributed by atoms with Crippen LogP contribution in [0.2, 0.25) is 0 Å². The molecule has 96 valence electrons. The first kappa shape index (κ1) is 12.8. The monoisotopic (exact) mass is 239 g/mol. The highest BCUT2D eigenvalue weighted by Crippen LogP contribution is 2.44. The standard InChI is InChI=1S/C13H21NO3/c1-11(2)15-10-12(9-14)3-5-13(6-4-12)16-7-8-17-13/h11H,3-8,10H2,1-2H3. The Bertz CT molecular complexity index is 292. The van der Waals surface area contributed by atoms with Crippen LogP contribution in [0.3, 0.4) is 0 Å². The van der Waals surface area contributed by atoms with Gasteiger partial charge in [-0.2, -0.15) is 5.26 Å². The van der Waals surface area contributed by atoms with E-state index >= 15 is 0 Å². The smallest absolute Gasteiger partial charge is 0.168 e. The highest BCUT2D eigenvalue weighted by Gasteiger charge is 2.46. The molecule has 1 saturated carbocycles. The van der Waals surface area contributed by atoms with Crippen molar-refractivity contribution >= 4 is 0 Å². The Hall–Kier alpha value is -0.630. The zero-order chi connectivity index (χ0) is 12.4. The van der Waals surface area contributed by atoms with Gasteiger partial charge in [0, 0.05) is 12.8 Å². The number of nitriles is 1. The van der Waals surface area contributed by atoms with E-state index in [9.17, 15) is 5.26 Å². The van der Waals surface area contributed by atoms with Crippen LogP contribution in [-0.4, -0.2) is 31.7 Å². The van der Waals surface area contributed by atoms with Gasteiger partial charge in [0.2, 0.25) is 0 Å². The summed E-state index contributed by atoms with van der Waals surface area (Å²) in [6.07, 6.45) is 3.39. The Morgan fingerprint density at radius 3 is 2.24 bits per heavy atom. The maximum absolute atomic E-state index is 9.37. The van der Waals surface area contributed by atoms with Gasteiger partial charge in [0.15, 0.2) is 5.79 Å². The van der Waals surface area contributed by atoms with E-state index in [1.54, 1.807) is 0 Å². The average Bonchev–Trinajstić information content (AvgIpc) is 2.78. The second-order valence-corrected chi connectivity index (χ2v) is 5.36. The highest BCUT2D eigenvalue weighted by molar-refractivity contribution is 5.04. The van der Waals surface area contributed by atoms with Crippen LogP contribution in [0.15, 0.2) is 0 Å². The van der Waals surface area contributed by atoms with Crippen molar-refractivity contribution < 1.29 is 14.2 Å². The Labute approximate surface area is 103 Å². The van der Waals surface area contributed by atoms with Gasteiger partial charge in [-0.1, -0.05) is 0 Å². The topological polar surface area (TPSA) is 51.5 Å². The van der Waals surface area contributed by atoms with Crippen LogP contribution in [0.25, 0.3) is 0 Å². The van der Waals surface area contributed by atoms with E-state index in [-0.39, 0.29) is 11.5 Å². The Balaban J connectivity index is 1.92. The molecule has 0 aromatic rings. The Morgan fingerprint density at radius 2 is 1.76 bits per heavy atom. The van der Waals surface area contributed by atoms with Crippen molar-refractivity contribution in [1.29, 1.82) is 5.26 Å². The largest absolute Gasteiger partial charge is 0.377 e. The molecule has 0 N–H and O–H groups in total. The minimum absolute atomic E-state index is 0.176. The highest BCUT2D eigenvalue weighted by atomic mass is 16.7. The zero-order valence-corrected chi connectivity index (χ0v) is 10.7. The van der Waals surface area contributed by atoms with Crippen molar-refractivity contribution in [3.63, 3.8) is 0 Å². The minimum atomic E-state index is -0.391. The maximum atomic E-state index is 9.37. The molecular weight excluding hydrogens is 218 g/mol. The van der Waals surface area contributed by atoms with Gasteiger partial charge in [-0.3, -0.25) is 0 Å². The summed E-state index contributed by atoms with van der Waals surface area (Å²) in [5.41, 5.74) is -0.342. The molecule has 1 heterocycles. The van der Waals surface area contributed by atoms with Crippen molar-refractivity contribution in [1.82, 2.24) is 0 Å². The second kappa shape index (κ2) is 4.93. The number of rotatable bonds is 3. The summed E-state index contributed by atoms with van der Waals surface area (Å²) >= 11 is 0. The molecule has 1 spiro atoms. The van der Waals surface area contributed by atoms with Crippen LogP contribution in [0, 0.1) is 16.7 Å². The molecule has 0 unspecified atom stereocenters. The van der Waals surface area contributed by atoms with Gasteiger partial charge < -0.3 is 14.2 Å². The quantitative estimate of drug-likeness (QED) is 0.758. The fraction of sp³-hybridized carbons (Fsp3) is 0.923. The predicted molar refractivity (Wildman–Crippen MR) is 62.2 cm³/mol. The zero-order valence-electron chi connectivity index (χ0n) is 10.7. The van der Waals surface area contributed by atoms with Crippen molar-refractivity contribution in [2.75, 3.05) is 19.8 Å². The van der Waals surface area contributed by atoms with Gasteiger partial charge in [-0.25, -0.2) is 0 Å². The van der Waals surface area contributed by atoms with Crippen LogP contribution in [0.4, 0.5) is 0 Å². The molecule has 0 atom stereocenters. The summed E-state index contributed by atoms with van der Waals surface area (Å²) in [7, 11) is 0. The van der Waals surface area contributed by atoms with Gasteiger partial charge in [-0.05, 0) is 26.7 Å². The van der Waals surface area contributed by atoms with Gasteiger partial charge in [0.05, 0.1) is 37.4 Å². The molecule has 1 aliphatic heterocycles. The molecule has 2 fully saturated rings. The Morgan fingerprint density at radius 1 is 1.18 bits per heavy atom. The van der Waals surface area contributed by atoms with Gasteiger partial charge in [0.25, 0.3) is 0 Å². The lowest BCUT2D eigenvalue weighted by Gasteiger charge is -2.39. The molecule has 0 aromatic heterocycles. The minimum Gasteiger partial charge on any atom is -0.377 e. The molecule has 1 saturated heterocycles. The SMILES string of the molecule is CC(C)OCC1(C#N)CCC2(CC1)OCCO2. The van der Waals surface area contributed by atoms with Crippen LogP contribution < -0.4 is 0 Å². The lowest BCUT2D eigenvalue weighted by molar-refractivity contribution is -0.191. The number of hydrogen-bond donors (Lipinski definition) is 0. The van der Waals surface area contributed by atoms with Crippen LogP contribution in [0.1, 0.15) is 39.5 Å². The van der Waals surface area contributed by atoms with E-state index in [2.05, 4.69) is 6.07 Å². The third-order valence-electron chi connectivity index (χ3n) is 3.71. The second-order valence-electron chi connectivity index (χ2n) is 5.36. The van der Waals surface area contributed by atoms with Crippen LogP contribution in [-0.2, 0) is 14.2 Å². The number of hydrogen-bond acceptors (Lipinski definition) is 4. The molecule has 0 bridgehead atoms. The van der Waals surface area contributed by atoms with Crippen molar-refractivity contribution in [2.45, 2.75) is 51.4 Å². The van der Waals surface area contributed by atoms with Crippen molar-refractivity contribution in [3.8, 4) is 6.07 Å². The van der Waals surface area contributed by atoms with Crippen molar-refractivity contribution in [2.24, 2.45) is 5.41 Å². The first-order valence-electron chi connectivity index (χ1n) is 6.41. The summed E-state index contributed by atoms with van der Waals surface area (Å²) < 4.78 is 17.0. The number of ether oxygens (including phenoxy) is 3. The lowest BCUT2D eigenvalue weighted by Crippen LogP contribution is -2.41. The molecule has 2 aliphatic rings. The average molecular weight is 239 g/mol. The van der Waals surface area contributed by atoms with Gasteiger partial charge in [0.1, 0.15) is 0 Å². The van der Waals surface area contributed by atoms with E-state index in [4.69, 9.17) is 14.2 Å². The van der Waals surface area contributed by atoms with Crippen LogP contribution >= 0.6 is 0 Å². The molecule has 0 amide bonds. The van der Waals surface area contributed by atoms with E-state index in [1.807, 2.05) is 13.8 Å². The first-order valence-corrected chi connectivity index (χ1v) is 6.41. The third-order valence-corrected chi connectivity index (χ3v) is 3.71. The molecule has 0 radical (unpaired) electrons. The summed E-state index contributed by atoms with van der Waals surface area (Å²) in [6.45, 7) is 5.89. The fourth-order valence-electron chi connectivity index (χ4n) is 2.51. The van der Waals surface area contributed by atoms with Crippen molar-refractivity contribution in [3.05, 3.63) is 0 Å². The normalized spacial score (nSPS) is 26.2. The Kier molecular flexibility index (Phi) is 3.72. The van der Waals surface area contributed by atoms with E-state index in [1.165, 1.54) is 0 Å². The maximum Gasteiger partial charge on any atom is 0.168 e. The predicted octanol–water partition coefficient (Wildman–Crippen LogP) is 2.24. The molecule has 4 nitrogen and oxygen atoms in total. The van der Waals surface area contributed by atoms with E-state index < -0.39 is 5.79 Å². The fourth-order valence-corrected chi connectivity index (χ4v) is 2.51. The summed E-state index contributed by atoms with van der Waals surface area (Å²) in [5, 5.41) is 9.37. The molecular formula is C13H21NO3. The molecule has 0 aromatic carbocycles. The van der Waals surface area contributed by atoms with Gasteiger partial charge in [-0.15, -0.1) is 0 Å². The van der Waals surface area contributed by atoms with Crippen LogP contribution in [0.5, 0.6) is 0 Å². The summed E-state index contributed by atoms with van der Waals surface area (Å²) in [6, 6.07) is 2.44. The molecule has 1 aliphatic carbocycles. The molecule has 4 heteroatoms. The van der Waals surface area contributed by atoms with E-state index in [0.717, 1.165) is 25.7 Å². The molecule has 17 heavy (non-hydrogen) atoms. The van der Waals surface area contributed by atoms with Gasteiger partial charge >= 0.3 is 0 Å². The third kappa shape index (κ3) is 2.79. The number of nitrogens with zero attached hydrogens (tertiary/aromatic N) is 1. The molecule has 2 rings (SSSR count). The summed E-state index contributed by atoms with van der Waals surface area (Å²) in [5.74, 6) is -0.391. The first-order chi connectivity index (χ1) is 8.10. The summed E-state index contributed by atoms with van der Waals surface area (Å²) in [4.78, 5) is 0.